The van der Waals surface area contributed by atoms with E-state index in [4.69, 9.17) is 5.11 Å². The molecule has 6 nitrogen and oxygen atoms in total. The highest BCUT2D eigenvalue weighted by atomic mass is 79.9. The number of aliphatic carboxylic acids is 1. The van der Waals surface area contributed by atoms with Gasteiger partial charge in [-0.2, -0.15) is 0 Å². The quantitative estimate of drug-likeness (QED) is 0.681. The molecule has 0 bridgehead atoms. The van der Waals surface area contributed by atoms with Crippen molar-refractivity contribution in [2.75, 3.05) is 6.54 Å². The van der Waals surface area contributed by atoms with Crippen molar-refractivity contribution in [3.05, 3.63) is 35.9 Å². The number of carboxylic acid groups (broad SMARTS) is 1. The van der Waals surface area contributed by atoms with Gasteiger partial charge in [0, 0.05) is 6.04 Å². The third kappa shape index (κ3) is 3.66. The van der Waals surface area contributed by atoms with E-state index in [2.05, 4.69) is 26.8 Å². The first-order valence-corrected chi connectivity index (χ1v) is 8.05. The number of alkyl halides is 1. The van der Waals surface area contributed by atoms with Gasteiger partial charge in [0.15, 0.2) is 0 Å². The second-order valence-electron chi connectivity index (χ2n) is 5.55. The lowest BCUT2D eigenvalue weighted by Gasteiger charge is -2.28. The molecule has 1 aliphatic heterocycles. The van der Waals surface area contributed by atoms with Crippen LogP contribution in [-0.2, 0) is 9.59 Å². The number of rotatable bonds is 5. The Hall–Kier alpha value is -1.44. The Morgan fingerprint density at radius 2 is 1.91 bits per heavy atom. The van der Waals surface area contributed by atoms with Gasteiger partial charge in [-0.25, -0.2) is 10.9 Å². The first kappa shape index (κ1) is 16.9. The average molecular weight is 370 g/mol. The third-order valence-electron chi connectivity index (χ3n) is 3.67. The highest BCUT2D eigenvalue weighted by Crippen LogP contribution is 2.29. The summed E-state index contributed by atoms with van der Waals surface area (Å²) in [5, 5.41) is 8.98. The van der Waals surface area contributed by atoms with Crippen molar-refractivity contribution in [3.8, 4) is 0 Å². The van der Waals surface area contributed by atoms with Crippen molar-refractivity contribution in [1.29, 1.82) is 0 Å². The number of hydrogen-bond acceptors (Lipinski definition) is 4. The largest absolute Gasteiger partial charge is 0.480 e. The van der Waals surface area contributed by atoms with Gasteiger partial charge in [-0.05, 0) is 19.4 Å². The molecule has 3 N–H and O–H groups in total. The van der Waals surface area contributed by atoms with Crippen LogP contribution in [0.2, 0.25) is 0 Å². The monoisotopic (exact) mass is 369 g/mol. The van der Waals surface area contributed by atoms with E-state index in [0.717, 1.165) is 5.56 Å². The number of hydrazine groups is 1. The molecule has 3 atom stereocenters. The number of nitrogens with zero attached hydrogens (tertiary/aromatic N) is 1. The maximum Gasteiger partial charge on any atom is 0.323 e. The zero-order chi connectivity index (χ0) is 16.3. The molecule has 1 fully saturated rings. The van der Waals surface area contributed by atoms with Crippen LogP contribution in [0.15, 0.2) is 30.3 Å². The second kappa shape index (κ2) is 7.21. The Kier molecular flexibility index (Phi) is 5.55. The number of carboxylic acids is 1. The molecular weight excluding hydrogens is 350 g/mol. The molecule has 1 heterocycles. The fourth-order valence-corrected chi connectivity index (χ4v) is 3.29. The SMILES string of the molecule is CC(C)N(CC(=O)O)C(=O)C1NNC(c2ccccc2)C1Br. The minimum Gasteiger partial charge on any atom is -0.480 e. The Morgan fingerprint density at radius 3 is 2.45 bits per heavy atom. The molecule has 0 aliphatic carbocycles. The average Bonchev–Trinajstić information content (AvgIpc) is 2.86. The van der Waals surface area contributed by atoms with Gasteiger partial charge in [0.25, 0.3) is 0 Å². The number of carbonyl (C=O) groups is 2. The molecule has 1 aromatic rings. The summed E-state index contributed by atoms with van der Waals surface area (Å²) >= 11 is 3.57. The van der Waals surface area contributed by atoms with Gasteiger partial charge in [-0.1, -0.05) is 46.3 Å². The first-order chi connectivity index (χ1) is 10.4. The summed E-state index contributed by atoms with van der Waals surface area (Å²) < 4.78 is 0. The van der Waals surface area contributed by atoms with E-state index >= 15 is 0 Å². The van der Waals surface area contributed by atoms with Crippen LogP contribution in [0.5, 0.6) is 0 Å². The minimum atomic E-state index is -1.02. The topological polar surface area (TPSA) is 81.7 Å². The molecule has 1 aromatic carbocycles. The van der Waals surface area contributed by atoms with E-state index in [1.54, 1.807) is 13.8 Å². The summed E-state index contributed by atoms with van der Waals surface area (Å²) in [6.45, 7) is 3.31. The van der Waals surface area contributed by atoms with Gasteiger partial charge in [-0.15, -0.1) is 0 Å². The lowest BCUT2D eigenvalue weighted by molar-refractivity contribution is -0.146. The summed E-state index contributed by atoms with van der Waals surface area (Å²) in [6, 6.07) is 9.02. The van der Waals surface area contributed by atoms with E-state index in [9.17, 15) is 9.59 Å². The Morgan fingerprint density at radius 1 is 1.27 bits per heavy atom. The standard InChI is InChI=1S/C15H20BrN3O3/c1-9(2)19(8-11(20)21)15(22)14-12(16)13(17-18-14)10-6-4-3-5-7-10/h3-7,9,12-14,17-18H,8H2,1-2H3,(H,20,21). The van der Waals surface area contributed by atoms with E-state index in [1.807, 2.05) is 30.3 Å². The van der Waals surface area contributed by atoms with Crippen LogP contribution in [0.25, 0.3) is 0 Å². The maximum absolute atomic E-state index is 12.6. The van der Waals surface area contributed by atoms with Gasteiger partial charge in [0.05, 0.1) is 10.9 Å². The van der Waals surface area contributed by atoms with Crippen LogP contribution in [0.1, 0.15) is 25.5 Å². The minimum absolute atomic E-state index is 0.0611. The third-order valence-corrected chi connectivity index (χ3v) is 4.73. The summed E-state index contributed by atoms with van der Waals surface area (Å²) in [7, 11) is 0. The maximum atomic E-state index is 12.6. The van der Waals surface area contributed by atoms with Gasteiger partial charge in [0.2, 0.25) is 5.91 Å². The van der Waals surface area contributed by atoms with E-state index in [-0.39, 0.29) is 29.4 Å². The number of nitrogens with one attached hydrogen (secondary N) is 2. The zero-order valence-electron chi connectivity index (χ0n) is 12.5. The Balaban J connectivity index is 2.12. The molecule has 0 spiro atoms. The Bertz CT molecular complexity index is 538. The van der Waals surface area contributed by atoms with Crippen molar-refractivity contribution < 1.29 is 14.7 Å². The Labute approximate surface area is 138 Å². The van der Waals surface area contributed by atoms with Crippen molar-refractivity contribution in [3.63, 3.8) is 0 Å². The summed E-state index contributed by atoms with van der Waals surface area (Å²) in [6.07, 6.45) is 0. The summed E-state index contributed by atoms with van der Waals surface area (Å²) in [4.78, 5) is 24.8. The fourth-order valence-electron chi connectivity index (χ4n) is 2.50. The molecule has 1 saturated heterocycles. The first-order valence-electron chi connectivity index (χ1n) is 7.14. The van der Waals surface area contributed by atoms with Crippen LogP contribution in [0.3, 0.4) is 0 Å². The smallest absolute Gasteiger partial charge is 0.323 e. The van der Waals surface area contributed by atoms with Crippen molar-refractivity contribution in [2.24, 2.45) is 0 Å². The second-order valence-corrected chi connectivity index (χ2v) is 6.61. The summed E-state index contributed by atoms with van der Waals surface area (Å²) in [5.41, 5.74) is 7.15. The van der Waals surface area contributed by atoms with Crippen molar-refractivity contribution >= 4 is 27.8 Å². The molecule has 7 heteroatoms. The number of carbonyl (C=O) groups excluding carboxylic acids is 1. The molecule has 2 rings (SSSR count). The summed E-state index contributed by atoms with van der Waals surface area (Å²) in [5.74, 6) is -1.25. The normalized spacial score (nSPS) is 24.5. The van der Waals surface area contributed by atoms with Crippen LogP contribution in [-0.4, -0.2) is 45.3 Å². The predicted octanol–water partition coefficient (Wildman–Crippen LogP) is 1.29. The lowest BCUT2D eigenvalue weighted by Crippen LogP contribution is -2.52. The number of amides is 1. The molecule has 0 saturated carbocycles. The predicted molar refractivity (Wildman–Crippen MR) is 86.4 cm³/mol. The van der Waals surface area contributed by atoms with Gasteiger partial charge >= 0.3 is 5.97 Å². The zero-order valence-corrected chi connectivity index (χ0v) is 14.1. The number of benzene rings is 1. The molecule has 22 heavy (non-hydrogen) atoms. The van der Waals surface area contributed by atoms with Crippen LogP contribution in [0, 0.1) is 0 Å². The van der Waals surface area contributed by atoms with Gasteiger partial charge < -0.3 is 10.0 Å². The molecule has 0 aromatic heterocycles. The van der Waals surface area contributed by atoms with E-state index < -0.39 is 12.0 Å². The fraction of sp³-hybridized carbons (Fsp3) is 0.467. The number of halogens is 1. The van der Waals surface area contributed by atoms with Gasteiger partial charge in [0.1, 0.15) is 12.6 Å². The number of hydrogen-bond donors (Lipinski definition) is 3. The van der Waals surface area contributed by atoms with Crippen molar-refractivity contribution in [2.45, 2.75) is 36.8 Å². The van der Waals surface area contributed by atoms with E-state index in [1.165, 1.54) is 4.90 Å². The van der Waals surface area contributed by atoms with Crippen LogP contribution < -0.4 is 10.9 Å². The van der Waals surface area contributed by atoms with Crippen molar-refractivity contribution in [1.82, 2.24) is 15.8 Å². The molecule has 3 unspecified atom stereocenters. The lowest BCUT2D eigenvalue weighted by atomic mass is 10.0. The molecule has 1 aliphatic rings. The molecular formula is C15H20BrN3O3. The molecule has 0 radical (unpaired) electrons. The van der Waals surface area contributed by atoms with E-state index in [0.29, 0.717) is 0 Å². The highest BCUT2D eigenvalue weighted by Gasteiger charge is 2.41. The van der Waals surface area contributed by atoms with Crippen LogP contribution in [0.4, 0.5) is 0 Å². The van der Waals surface area contributed by atoms with Crippen LogP contribution >= 0.6 is 15.9 Å². The highest BCUT2D eigenvalue weighted by molar-refractivity contribution is 9.09. The van der Waals surface area contributed by atoms with Gasteiger partial charge in [-0.3, -0.25) is 9.59 Å². The molecule has 120 valence electrons. The molecule has 1 amide bonds.